The van der Waals surface area contributed by atoms with Gasteiger partial charge in [0.05, 0.1) is 6.04 Å². The number of alkyl carbamates (subject to hydrolysis) is 1. The molecule has 1 aromatic carbocycles. The molecule has 2 N–H and O–H groups in total. The molecule has 23 heavy (non-hydrogen) atoms. The number of amides is 1. The quantitative estimate of drug-likeness (QED) is 0.703. The maximum absolute atomic E-state index is 12.1. The van der Waals surface area contributed by atoms with E-state index in [9.17, 15) is 4.79 Å². The van der Waals surface area contributed by atoms with Crippen LogP contribution in [0.5, 0.6) is 0 Å². The molecule has 0 heterocycles. The number of ether oxygens (including phenoxy) is 1. The Morgan fingerprint density at radius 1 is 1.09 bits per heavy atom. The average Bonchev–Trinajstić information content (AvgIpc) is 2.44. The number of nitrogens with one attached hydrogen (secondary N) is 2. The monoisotopic (exact) mass is 320 g/mol. The van der Waals surface area contributed by atoms with Crippen molar-refractivity contribution in [2.75, 3.05) is 13.1 Å². The normalized spacial score (nSPS) is 13.0. The summed E-state index contributed by atoms with van der Waals surface area (Å²) in [5.41, 5.74) is 0.616. The van der Waals surface area contributed by atoms with Crippen LogP contribution in [0.3, 0.4) is 0 Å². The molecule has 0 aliphatic carbocycles. The van der Waals surface area contributed by atoms with Crippen molar-refractivity contribution in [2.24, 2.45) is 5.92 Å². The summed E-state index contributed by atoms with van der Waals surface area (Å²) >= 11 is 0. The molecule has 1 unspecified atom stereocenters. The van der Waals surface area contributed by atoms with Gasteiger partial charge in [0.2, 0.25) is 0 Å². The summed E-state index contributed by atoms with van der Waals surface area (Å²) in [7, 11) is 0. The van der Waals surface area contributed by atoms with E-state index in [1.165, 1.54) is 0 Å². The third-order valence-corrected chi connectivity index (χ3v) is 3.40. The lowest BCUT2D eigenvalue weighted by Crippen LogP contribution is -2.36. The lowest BCUT2D eigenvalue weighted by atomic mass is 10.0. The predicted molar refractivity (Wildman–Crippen MR) is 95.5 cm³/mol. The van der Waals surface area contributed by atoms with Gasteiger partial charge in [-0.25, -0.2) is 4.79 Å². The highest BCUT2D eigenvalue weighted by atomic mass is 16.6. The summed E-state index contributed by atoms with van der Waals surface area (Å²) in [5, 5.41) is 6.43. The summed E-state index contributed by atoms with van der Waals surface area (Å²) in [6.45, 7) is 11.9. The van der Waals surface area contributed by atoms with Gasteiger partial charge in [-0.2, -0.15) is 0 Å². The fourth-order valence-corrected chi connectivity index (χ4v) is 2.22. The molecule has 4 nitrogen and oxygen atoms in total. The van der Waals surface area contributed by atoms with Crippen LogP contribution in [0.2, 0.25) is 0 Å². The second kappa shape index (κ2) is 9.56. The Morgan fingerprint density at radius 3 is 2.26 bits per heavy atom. The van der Waals surface area contributed by atoms with Crippen LogP contribution in [0.1, 0.15) is 59.1 Å². The van der Waals surface area contributed by atoms with E-state index < -0.39 is 5.60 Å². The molecule has 4 heteroatoms. The van der Waals surface area contributed by atoms with Gasteiger partial charge in [-0.05, 0) is 58.2 Å². The summed E-state index contributed by atoms with van der Waals surface area (Å²) in [5.74, 6) is 0.701. The molecule has 0 bridgehead atoms. The molecule has 130 valence electrons. The number of hydrogen-bond donors (Lipinski definition) is 2. The fourth-order valence-electron chi connectivity index (χ4n) is 2.22. The van der Waals surface area contributed by atoms with Crippen LogP contribution in [0.4, 0.5) is 4.79 Å². The van der Waals surface area contributed by atoms with Gasteiger partial charge in [-0.1, -0.05) is 44.2 Å². The second-order valence-corrected chi connectivity index (χ2v) is 7.33. The Morgan fingerprint density at radius 2 is 1.70 bits per heavy atom. The molecule has 0 aliphatic heterocycles. The zero-order valence-electron chi connectivity index (χ0n) is 15.2. The van der Waals surface area contributed by atoms with Crippen molar-refractivity contribution in [1.82, 2.24) is 10.6 Å². The van der Waals surface area contributed by atoms with E-state index in [0.717, 1.165) is 31.5 Å². The molecule has 0 fully saturated rings. The summed E-state index contributed by atoms with van der Waals surface area (Å²) in [4.78, 5) is 12.1. The molecule has 1 atom stereocenters. The van der Waals surface area contributed by atoms with E-state index in [1.54, 1.807) is 0 Å². The lowest BCUT2D eigenvalue weighted by molar-refractivity contribution is 0.0501. The van der Waals surface area contributed by atoms with E-state index in [-0.39, 0.29) is 12.1 Å². The van der Waals surface area contributed by atoms with E-state index in [2.05, 4.69) is 24.5 Å². The van der Waals surface area contributed by atoms with Crippen LogP contribution in [-0.2, 0) is 4.74 Å². The van der Waals surface area contributed by atoms with Gasteiger partial charge in [0.1, 0.15) is 5.60 Å². The standard InChI is InChI=1S/C19H32N2O2/c1-15(2)11-13-20-14-12-17(16-9-7-6-8-10-16)21-18(22)23-19(3,4)5/h6-10,15,17,20H,11-14H2,1-5H3,(H,21,22). The Hall–Kier alpha value is -1.55. The van der Waals surface area contributed by atoms with Gasteiger partial charge in [0.25, 0.3) is 0 Å². The molecular formula is C19H32N2O2. The van der Waals surface area contributed by atoms with Gasteiger partial charge >= 0.3 is 6.09 Å². The maximum atomic E-state index is 12.1. The Kier molecular flexibility index (Phi) is 8.10. The first-order valence-corrected chi connectivity index (χ1v) is 8.53. The van der Waals surface area contributed by atoms with Crippen molar-refractivity contribution in [3.05, 3.63) is 35.9 Å². The molecular weight excluding hydrogens is 288 g/mol. The molecule has 0 saturated carbocycles. The van der Waals surface area contributed by atoms with Crippen LogP contribution in [-0.4, -0.2) is 24.8 Å². The molecule has 0 aliphatic rings. The average molecular weight is 320 g/mol. The Bertz CT molecular complexity index is 452. The zero-order chi connectivity index (χ0) is 17.3. The minimum absolute atomic E-state index is 0.0439. The third-order valence-electron chi connectivity index (χ3n) is 3.40. The van der Waals surface area contributed by atoms with E-state index in [4.69, 9.17) is 4.74 Å². The Labute approximate surface area is 141 Å². The minimum Gasteiger partial charge on any atom is -0.444 e. The van der Waals surface area contributed by atoms with E-state index in [0.29, 0.717) is 5.92 Å². The van der Waals surface area contributed by atoms with Crippen molar-refractivity contribution in [3.63, 3.8) is 0 Å². The highest BCUT2D eigenvalue weighted by Gasteiger charge is 2.20. The molecule has 0 saturated heterocycles. The highest BCUT2D eigenvalue weighted by Crippen LogP contribution is 2.17. The molecule has 1 amide bonds. The van der Waals surface area contributed by atoms with Gasteiger partial charge in [-0.3, -0.25) is 0 Å². The van der Waals surface area contributed by atoms with Crippen molar-refractivity contribution < 1.29 is 9.53 Å². The van der Waals surface area contributed by atoms with Gasteiger partial charge in [0.15, 0.2) is 0 Å². The summed E-state index contributed by atoms with van der Waals surface area (Å²) in [6.07, 6.45) is 1.63. The first-order chi connectivity index (χ1) is 10.8. The number of rotatable bonds is 8. The molecule has 0 aromatic heterocycles. The molecule has 1 rings (SSSR count). The largest absolute Gasteiger partial charge is 0.444 e. The fraction of sp³-hybridized carbons (Fsp3) is 0.632. The first-order valence-electron chi connectivity index (χ1n) is 8.53. The summed E-state index contributed by atoms with van der Waals surface area (Å²) in [6, 6.07) is 10.00. The third kappa shape index (κ3) is 9.24. The van der Waals surface area contributed by atoms with Crippen molar-refractivity contribution in [3.8, 4) is 0 Å². The van der Waals surface area contributed by atoms with E-state index in [1.807, 2.05) is 51.1 Å². The van der Waals surface area contributed by atoms with Crippen LogP contribution < -0.4 is 10.6 Å². The lowest BCUT2D eigenvalue weighted by Gasteiger charge is -2.24. The van der Waals surface area contributed by atoms with Gasteiger partial charge in [-0.15, -0.1) is 0 Å². The highest BCUT2D eigenvalue weighted by molar-refractivity contribution is 5.68. The zero-order valence-corrected chi connectivity index (χ0v) is 15.2. The van der Waals surface area contributed by atoms with Crippen molar-refractivity contribution in [1.29, 1.82) is 0 Å². The van der Waals surface area contributed by atoms with Crippen LogP contribution in [0.25, 0.3) is 0 Å². The van der Waals surface area contributed by atoms with Crippen molar-refractivity contribution in [2.45, 2.75) is 59.1 Å². The topological polar surface area (TPSA) is 50.4 Å². The van der Waals surface area contributed by atoms with Crippen LogP contribution >= 0.6 is 0 Å². The Balaban J connectivity index is 2.55. The van der Waals surface area contributed by atoms with Crippen LogP contribution in [0.15, 0.2) is 30.3 Å². The van der Waals surface area contributed by atoms with Gasteiger partial charge in [0, 0.05) is 0 Å². The minimum atomic E-state index is -0.485. The number of carbonyl (C=O) groups is 1. The molecule has 0 spiro atoms. The SMILES string of the molecule is CC(C)CCNCCC(NC(=O)OC(C)(C)C)c1ccccc1. The van der Waals surface area contributed by atoms with Gasteiger partial charge < -0.3 is 15.4 Å². The predicted octanol–water partition coefficient (Wildman–Crippen LogP) is 4.28. The van der Waals surface area contributed by atoms with Crippen LogP contribution in [0, 0.1) is 5.92 Å². The molecule has 0 radical (unpaired) electrons. The number of hydrogen-bond acceptors (Lipinski definition) is 3. The first kappa shape index (κ1) is 19.5. The number of carbonyl (C=O) groups excluding carboxylic acids is 1. The maximum Gasteiger partial charge on any atom is 0.408 e. The molecule has 1 aromatic rings. The second-order valence-electron chi connectivity index (χ2n) is 7.33. The summed E-state index contributed by atoms with van der Waals surface area (Å²) < 4.78 is 5.38. The van der Waals surface area contributed by atoms with Crippen molar-refractivity contribution >= 4 is 6.09 Å². The van der Waals surface area contributed by atoms with E-state index >= 15 is 0 Å². The number of benzene rings is 1. The smallest absolute Gasteiger partial charge is 0.408 e.